The molecule has 4 heteroatoms. The van der Waals surface area contributed by atoms with Crippen LogP contribution in [-0.2, 0) is 0 Å². The van der Waals surface area contributed by atoms with Crippen LogP contribution in [0.5, 0.6) is 0 Å². The van der Waals surface area contributed by atoms with Crippen LogP contribution in [0.4, 0.5) is 11.4 Å². The number of carboxylic acids is 1. The highest BCUT2D eigenvalue weighted by molar-refractivity contribution is 5.95. The molecule has 0 unspecified atom stereocenters. The van der Waals surface area contributed by atoms with Crippen molar-refractivity contribution in [2.45, 2.75) is 51.5 Å². The molecule has 1 heterocycles. The summed E-state index contributed by atoms with van der Waals surface area (Å²) >= 11 is 0. The molecule has 1 saturated carbocycles. The maximum atomic E-state index is 11.4. The number of fused-ring (bicyclic) bond motifs is 1. The highest BCUT2D eigenvalue weighted by Crippen LogP contribution is 2.38. The summed E-state index contributed by atoms with van der Waals surface area (Å²) in [5.41, 5.74) is 8.45. The van der Waals surface area contributed by atoms with Crippen LogP contribution in [0.25, 0.3) is 0 Å². The van der Waals surface area contributed by atoms with E-state index >= 15 is 0 Å². The molecule has 4 nitrogen and oxygen atoms in total. The Bertz CT molecular complexity index is 554. The lowest BCUT2D eigenvalue weighted by molar-refractivity contribution is 0.0698. The van der Waals surface area contributed by atoms with Crippen molar-refractivity contribution in [3.8, 4) is 0 Å². The molecule has 1 aliphatic heterocycles. The number of nitrogen functional groups attached to an aromatic ring is 1. The normalized spacial score (nSPS) is 25.5. The molecule has 21 heavy (non-hydrogen) atoms. The van der Waals surface area contributed by atoms with Crippen LogP contribution in [0.1, 0.15) is 54.4 Å². The number of piperidine rings is 1. The molecule has 114 valence electrons. The summed E-state index contributed by atoms with van der Waals surface area (Å²) in [6.07, 6.45) is 7.71. The van der Waals surface area contributed by atoms with Crippen molar-refractivity contribution >= 4 is 17.3 Å². The number of nitrogens with zero attached hydrogens (tertiary/aromatic N) is 1. The van der Waals surface area contributed by atoms with E-state index in [1.165, 1.54) is 38.5 Å². The Balaban J connectivity index is 1.97. The number of anilines is 2. The maximum Gasteiger partial charge on any atom is 0.337 e. The van der Waals surface area contributed by atoms with Crippen LogP contribution < -0.4 is 10.6 Å². The highest BCUT2D eigenvalue weighted by Gasteiger charge is 2.33. The van der Waals surface area contributed by atoms with Gasteiger partial charge in [-0.05, 0) is 56.2 Å². The van der Waals surface area contributed by atoms with E-state index in [9.17, 15) is 9.90 Å². The minimum absolute atomic E-state index is 0.239. The summed E-state index contributed by atoms with van der Waals surface area (Å²) < 4.78 is 0. The predicted octanol–water partition coefficient (Wildman–Crippen LogP) is 3.43. The zero-order chi connectivity index (χ0) is 15.0. The fourth-order valence-electron chi connectivity index (χ4n) is 4.07. The standard InChI is InChI=1S/C17H24N2O2/c1-11-9-13(10-14(16(11)18)17(20)21)19-8-4-6-12-5-2-3-7-15(12)19/h9-10,12,15H,2-8,18H2,1H3,(H,20,21)/t12-,15-/m1/s1. The van der Waals surface area contributed by atoms with Gasteiger partial charge in [-0.2, -0.15) is 0 Å². The monoisotopic (exact) mass is 288 g/mol. The summed E-state index contributed by atoms with van der Waals surface area (Å²) in [7, 11) is 0. The van der Waals surface area contributed by atoms with E-state index in [-0.39, 0.29) is 5.56 Å². The van der Waals surface area contributed by atoms with Gasteiger partial charge in [-0.3, -0.25) is 0 Å². The molecule has 0 amide bonds. The molecule has 2 atom stereocenters. The van der Waals surface area contributed by atoms with Gasteiger partial charge in [-0.15, -0.1) is 0 Å². The Morgan fingerprint density at radius 1 is 1.24 bits per heavy atom. The molecule has 0 radical (unpaired) electrons. The van der Waals surface area contributed by atoms with Crippen molar-refractivity contribution < 1.29 is 9.90 Å². The minimum atomic E-state index is -0.936. The van der Waals surface area contributed by atoms with Gasteiger partial charge in [0, 0.05) is 24.0 Å². The van der Waals surface area contributed by atoms with Crippen molar-refractivity contribution in [2.24, 2.45) is 5.92 Å². The Labute approximate surface area is 125 Å². The number of carbonyl (C=O) groups is 1. The van der Waals surface area contributed by atoms with E-state index < -0.39 is 5.97 Å². The van der Waals surface area contributed by atoms with Gasteiger partial charge >= 0.3 is 5.97 Å². The highest BCUT2D eigenvalue weighted by atomic mass is 16.4. The van der Waals surface area contributed by atoms with Crippen LogP contribution in [0.15, 0.2) is 12.1 Å². The molecule has 3 rings (SSSR count). The molecular formula is C17H24N2O2. The number of carboxylic acid groups (broad SMARTS) is 1. The number of rotatable bonds is 2. The summed E-state index contributed by atoms with van der Waals surface area (Å²) in [5, 5.41) is 9.35. The van der Waals surface area contributed by atoms with E-state index in [4.69, 9.17) is 5.73 Å². The molecule has 2 aliphatic rings. The summed E-state index contributed by atoms with van der Waals surface area (Å²) in [4.78, 5) is 13.8. The van der Waals surface area contributed by atoms with Gasteiger partial charge < -0.3 is 15.7 Å². The van der Waals surface area contributed by atoms with Crippen LogP contribution >= 0.6 is 0 Å². The van der Waals surface area contributed by atoms with Crippen LogP contribution in [0, 0.1) is 12.8 Å². The quantitative estimate of drug-likeness (QED) is 0.818. The largest absolute Gasteiger partial charge is 0.478 e. The number of aryl methyl sites for hydroxylation is 1. The molecule has 1 aromatic rings. The molecule has 0 aromatic heterocycles. The molecule has 1 saturated heterocycles. The lowest BCUT2D eigenvalue weighted by atomic mass is 9.78. The third-order valence-corrected chi connectivity index (χ3v) is 5.18. The van der Waals surface area contributed by atoms with Crippen LogP contribution in [-0.4, -0.2) is 23.7 Å². The van der Waals surface area contributed by atoms with Crippen molar-refractivity contribution in [1.29, 1.82) is 0 Å². The first-order valence-electron chi connectivity index (χ1n) is 7.98. The van der Waals surface area contributed by atoms with Gasteiger partial charge in [0.1, 0.15) is 0 Å². The Kier molecular flexibility index (Phi) is 3.79. The average Bonchev–Trinajstić information content (AvgIpc) is 2.49. The second kappa shape index (κ2) is 5.58. The second-order valence-corrected chi connectivity index (χ2v) is 6.48. The molecule has 3 N–H and O–H groups in total. The minimum Gasteiger partial charge on any atom is -0.478 e. The van der Waals surface area contributed by atoms with Crippen molar-refractivity contribution in [1.82, 2.24) is 0 Å². The molecule has 1 aromatic carbocycles. The summed E-state index contributed by atoms with van der Waals surface area (Å²) in [6.45, 7) is 2.93. The van der Waals surface area contributed by atoms with E-state index in [2.05, 4.69) is 11.0 Å². The summed E-state index contributed by atoms with van der Waals surface area (Å²) in [5.74, 6) is -0.159. The second-order valence-electron chi connectivity index (χ2n) is 6.48. The number of nitrogens with two attached hydrogens (primary N) is 1. The van der Waals surface area contributed by atoms with Crippen LogP contribution in [0.2, 0.25) is 0 Å². The predicted molar refractivity (Wildman–Crippen MR) is 84.9 cm³/mol. The van der Waals surface area contributed by atoms with Crippen molar-refractivity contribution in [3.63, 3.8) is 0 Å². The topological polar surface area (TPSA) is 66.6 Å². The van der Waals surface area contributed by atoms with Gasteiger partial charge in [0.05, 0.1) is 5.56 Å². The summed E-state index contributed by atoms with van der Waals surface area (Å²) in [6, 6.07) is 4.40. The Hall–Kier alpha value is -1.71. The fraction of sp³-hybridized carbons (Fsp3) is 0.588. The SMILES string of the molecule is Cc1cc(N2CCC[C@H]3CCCC[C@H]32)cc(C(=O)O)c1N. The molecule has 1 aliphatic carbocycles. The van der Waals surface area contributed by atoms with Gasteiger partial charge in [0.25, 0.3) is 0 Å². The van der Waals surface area contributed by atoms with Gasteiger partial charge in [-0.25, -0.2) is 4.79 Å². The zero-order valence-corrected chi connectivity index (χ0v) is 12.6. The number of hydrogen-bond acceptors (Lipinski definition) is 3. The lowest BCUT2D eigenvalue weighted by Gasteiger charge is -2.45. The van der Waals surface area contributed by atoms with Crippen molar-refractivity contribution in [2.75, 3.05) is 17.2 Å². The number of benzene rings is 1. The fourth-order valence-corrected chi connectivity index (χ4v) is 4.07. The van der Waals surface area contributed by atoms with E-state index in [0.717, 1.165) is 23.7 Å². The number of aromatic carboxylic acids is 1. The maximum absolute atomic E-state index is 11.4. The average molecular weight is 288 g/mol. The number of hydrogen-bond donors (Lipinski definition) is 2. The lowest BCUT2D eigenvalue weighted by Crippen LogP contribution is -2.47. The van der Waals surface area contributed by atoms with Gasteiger partial charge in [0.15, 0.2) is 0 Å². The third kappa shape index (κ3) is 2.59. The van der Waals surface area contributed by atoms with Crippen LogP contribution in [0.3, 0.4) is 0 Å². The molecule has 0 spiro atoms. The van der Waals surface area contributed by atoms with Gasteiger partial charge in [-0.1, -0.05) is 12.8 Å². The first-order chi connectivity index (χ1) is 10.1. The Morgan fingerprint density at radius 2 is 1.95 bits per heavy atom. The molecular weight excluding hydrogens is 264 g/mol. The molecule has 2 fully saturated rings. The zero-order valence-electron chi connectivity index (χ0n) is 12.6. The first-order valence-corrected chi connectivity index (χ1v) is 7.98. The van der Waals surface area contributed by atoms with E-state index in [1.807, 2.05) is 6.92 Å². The third-order valence-electron chi connectivity index (χ3n) is 5.18. The van der Waals surface area contributed by atoms with Crippen molar-refractivity contribution in [3.05, 3.63) is 23.3 Å². The smallest absolute Gasteiger partial charge is 0.337 e. The van der Waals surface area contributed by atoms with E-state index in [0.29, 0.717) is 11.7 Å². The first kappa shape index (κ1) is 14.2. The Morgan fingerprint density at radius 3 is 2.71 bits per heavy atom. The molecule has 0 bridgehead atoms. The van der Waals surface area contributed by atoms with E-state index in [1.54, 1.807) is 6.07 Å². The van der Waals surface area contributed by atoms with Gasteiger partial charge in [0.2, 0.25) is 0 Å².